The molecule has 0 aliphatic rings. The van der Waals surface area contributed by atoms with E-state index < -0.39 is 130 Å². The fraction of sp³-hybridized carbons (Fsp3) is 0.889. The lowest BCUT2D eigenvalue weighted by molar-refractivity contribution is -0.196. The molecule has 0 rings (SSSR count). The Hall–Kier alpha value is -2.19. The van der Waals surface area contributed by atoms with Crippen LogP contribution < -0.4 is 0 Å². The molecule has 0 saturated heterocycles. The van der Waals surface area contributed by atoms with Gasteiger partial charge in [0, 0.05) is 19.8 Å². The molecule has 21 heteroatoms. The van der Waals surface area contributed by atoms with Gasteiger partial charge in [0.15, 0.2) is 24.4 Å². The van der Waals surface area contributed by atoms with Crippen molar-refractivity contribution < 1.29 is 104 Å². The third-order valence-electron chi connectivity index (χ3n) is 6.57. The lowest BCUT2D eigenvalue weighted by Gasteiger charge is -2.30. The number of ether oxygens (including phenoxy) is 6. The Kier molecular flexibility index (Phi) is 22.9. The van der Waals surface area contributed by atoms with Gasteiger partial charge in [-0.05, 0) is 20.8 Å². The van der Waals surface area contributed by atoms with Crippen LogP contribution in [-0.2, 0) is 42.8 Å². The van der Waals surface area contributed by atoms with E-state index in [0.717, 1.165) is 0 Å². The van der Waals surface area contributed by atoms with Crippen molar-refractivity contribution >= 4 is 17.9 Å². The Morgan fingerprint density at radius 1 is 0.458 bits per heavy atom. The Morgan fingerprint density at radius 3 is 0.979 bits per heavy atom. The molecule has 284 valence electrons. The van der Waals surface area contributed by atoms with Crippen molar-refractivity contribution in [3.05, 3.63) is 0 Å². The molecule has 0 aromatic rings. The molecule has 0 amide bonds. The number of carbonyl (C=O) groups excluding carboxylic acids is 3. The van der Waals surface area contributed by atoms with Crippen LogP contribution in [0.5, 0.6) is 0 Å². The average Bonchev–Trinajstić information content (AvgIpc) is 3.09. The van der Waals surface area contributed by atoms with Crippen LogP contribution in [0.3, 0.4) is 0 Å². The standard InChI is InChI=1S/C27H50O21/c1-4-43-22(19(37)16(34)13(31)7-28)25(40)46-10-12(48-27(42)24(45-6-3)21(39)18(36)15(33)9-30)11-47-26(41)23(44-5-2)20(38)17(35)14(32)8-29/h12-24,28-39H,4-11H2,1-3H3. The summed E-state index contributed by atoms with van der Waals surface area (Å²) >= 11 is 0. The van der Waals surface area contributed by atoms with Crippen molar-refractivity contribution in [2.75, 3.05) is 52.9 Å². The first-order valence-electron chi connectivity index (χ1n) is 14.9. The minimum atomic E-state index is -2.20. The van der Waals surface area contributed by atoms with E-state index >= 15 is 0 Å². The summed E-state index contributed by atoms with van der Waals surface area (Å²) in [4.78, 5) is 38.7. The maximum Gasteiger partial charge on any atom is 0.338 e. The summed E-state index contributed by atoms with van der Waals surface area (Å²) in [5.74, 6) is -4.29. The van der Waals surface area contributed by atoms with Crippen LogP contribution >= 0.6 is 0 Å². The second-order valence-electron chi connectivity index (χ2n) is 10.1. The van der Waals surface area contributed by atoms with E-state index in [9.17, 15) is 60.3 Å². The first-order chi connectivity index (χ1) is 22.6. The molecule has 12 N–H and O–H groups in total. The minimum Gasteiger partial charge on any atom is -0.460 e. The predicted molar refractivity (Wildman–Crippen MR) is 153 cm³/mol. The van der Waals surface area contributed by atoms with E-state index in [2.05, 4.69) is 0 Å². The molecule has 0 spiro atoms. The molecule has 0 radical (unpaired) electrons. The maximum absolute atomic E-state index is 13.0. The van der Waals surface area contributed by atoms with Gasteiger partial charge in [-0.2, -0.15) is 0 Å². The molecule has 0 saturated carbocycles. The van der Waals surface area contributed by atoms with E-state index in [1.807, 2.05) is 0 Å². The largest absolute Gasteiger partial charge is 0.460 e. The summed E-state index contributed by atoms with van der Waals surface area (Å²) in [5, 5.41) is 117. The molecule has 0 aromatic heterocycles. The number of esters is 3. The highest BCUT2D eigenvalue weighted by Gasteiger charge is 2.41. The molecule has 21 nitrogen and oxygen atoms in total. The van der Waals surface area contributed by atoms with Gasteiger partial charge in [0.2, 0.25) is 0 Å². The number of aliphatic hydroxyl groups excluding tert-OH is 12. The molecule has 12 unspecified atom stereocenters. The van der Waals surface area contributed by atoms with Crippen molar-refractivity contribution in [2.45, 2.75) is 100 Å². The van der Waals surface area contributed by atoms with Gasteiger partial charge in [0.25, 0.3) is 0 Å². The molecule has 48 heavy (non-hydrogen) atoms. The van der Waals surface area contributed by atoms with E-state index in [0.29, 0.717) is 0 Å². The predicted octanol–water partition coefficient (Wildman–Crippen LogP) is -7.58. The zero-order chi connectivity index (χ0) is 37.1. The van der Waals surface area contributed by atoms with Gasteiger partial charge in [-0.1, -0.05) is 0 Å². The Labute approximate surface area is 275 Å². The van der Waals surface area contributed by atoms with Gasteiger partial charge in [0.1, 0.15) is 68.1 Å². The van der Waals surface area contributed by atoms with Crippen LogP contribution in [0.2, 0.25) is 0 Å². The average molecular weight is 711 g/mol. The lowest BCUT2D eigenvalue weighted by Crippen LogP contribution is -2.52. The zero-order valence-corrected chi connectivity index (χ0v) is 26.7. The number of rotatable bonds is 26. The molecule has 0 aliphatic heterocycles. The highest BCUT2D eigenvalue weighted by atomic mass is 16.6. The number of hydrogen-bond donors (Lipinski definition) is 12. The zero-order valence-electron chi connectivity index (χ0n) is 26.7. The van der Waals surface area contributed by atoms with Crippen molar-refractivity contribution in [2.24, 2.45) is 0 Å². The van der Waals surface area contributed by atoms with Crippen LogP contribution in [0.25, 0.3) is 0 Å². The first kappa shape index (κ1) is 45.8. The first-order valence-corrected chi connectivity index (χ1v) is 14.9. The fourth-order valence-electron chi connectivity index (χ4n) is 3.86. The minimum absolute atomic E-state index is 0.233. The highest BCUT2D eigenvalue weighted by Crippen LogP contribution is 2.16. The molecule has 12 atom stereocenters. The SMILES string of the molecule is CCOC(C(=O)OCC(COC(=O)C(OCC)C(O)C(O)C(O)CO)OC(=O)C(OCC)C(O)C(O)C(O)CO)C(O)C(O)C(O)CO. The summed E-state index contributed by atoms with van der Waals surface area (Å²) < 4.78 is 30.5. The van der Waals surface area contributed by atoms with Crippen LogP contribution in [0.1, 0.15) is 20.8 Å². The quantitative estimate of drug-likeness (QED) is 0.0293. The van der Waals surface area contributed by atoms with Crippen LogP contribution in [-0.4, -0.2) is 211 Å². The number of aliphatic hydroxyl groups is 12. The van der Waals surface area contributed by atoms with Gasteiger partial charge in [-0.25, -0.2) is 14.4 Å². The van der Waals surface area contributed by atoms with E-state index in [-0.39, 0.29) is 19.8 Å². The monoisotopic (exact) mass is 710 g/mol. The third-order valence-corrected chi connectivity index (χ3v) is 6.57. The molecule has 0 aliphatic carbocycles. The molecule has 0 fully saturated rings. The maximum atomic E-state index is 13.0. The van der Waals surface area contributed by atoms with E-state index in [4.69, 9.17) is 43.7 Å². The summed E-state index contributed by atoms with van der Waals surface area (Å²) in [6.45, 7) is -1.61. The fourth-order valence-corrected chi connectivity index (χ4v) is 3.86. The molecule has 0 bridgehead atoms. The smallest absolute Gasteiger partial charge is 0.338 e. The Balaban J connectivity index is 6.22. The number of hydrogen-bond acceptors (Lipinski definition) is 21. The van der Waals surface area contributed by atoms with Crippen molar-refractivity contribution in [3.8, 4) is 0 Å². The van der Waals surface area contributed by atoms with Crippen LogP contribution in [0.4, 0.5) is 0 Å². The number of carbonyl (C=O) groups is 3. The van der Waals surface area contributed by atoms with Crippen molar-refractivity contribution in [1.29, 1.82) is 0 Å². The van der Waals surface area contributed by atoms with E-state index in [1.165, 1.54) is 20.8 Å². The van der Waals surface area contributed by atoms with Crippen molar-refractivity contribution in [1.82, 2.24) is 0 Å². The highest BCUT2D eigenvalue weighted by molar-refractivity contribution is 5.77. The summed E-state index contributed by atoms with van der Waals surface area (Å²) in [5.41, 5.74) is 0. The lowest BCUT2D eigenvalue weighted by atomic mass is 10.0. The topological polar surface area (TPSA) is 349 Å². The van der Waals surface area contributed by atoms with Gasteiger partial charge >= 0.3 is 17.9 Å². The van der Waals surface area contributed by atoms with Gasteiger partial charge in [-0.15, -0.1) is 0 Å². The van der Waals surface area contributed by atoms with Gasteiger partial charge in [0.05, 0.1) is 19.8 Å². The molecule has 0 heterocycles. The summed E-state index contributed by atoms with van der Waals surface area (Å²) in [6, 6.07) is 0. The Bertz CT molecular complexity index is 861. The van der Waals surface area contributed by atoms with Gasteiger partial charge in [-0.3, -0.25) is 0 Å². The molecular formula is C27H50O21. The van der Waals surface area contributed by atoms with Crippen molar-refractivity contribution in [3.63, 3.8) is 0 Å². The third kappa shape index (κ3) is 14.3. The van der Waals surface area contributed by atoms with E-state index in [1.54, 1.807) is 0 Å². The Morgan fingerprint density at radius 2 is 0.729 bits per heavy atom. The van der Waals surface area contributed by atoms with Gasteiger partial charge < -0.3 is 89.7 Å². The summed E-state index contributed by atoms with van der Waals surface area (Å²) in [6.07, 6.45) is -26.3. The summed E-state index contributed by atoms with van der Waals surface area (Å²) in [7, 11) is 0. The normalized spacial score (nSPS) is 20.1. The molecule has 0 aromatic carbocycles. The van der Waals surface area contributed by atoms with Crippen LogP contribution in [0.15, 0.2) is 0 Å². The second-order valence-corrected chi connectivity index (χ2v) is 10.1. The van der Waals surface area contributed by atoms with Crippen LogP contribution in [0, 0.1) is 0 Å². The second kappa shape index (κ2) is 24.0. The molecular weight excluding hydrogens is 660 g/mol.